The number of para-hydroxylation sites is 2. The lowest BCUT2D eigenvalue weighted by Gasteiger charge is -2.16. The van der Waals surface area contributed by atoms with Crippen LogP contribution in [0.3, 0.4) is 0 Å². The van der Waals surface area contributed by atoms with Crippen molar-refractivity contribution in [3.63, 3.8) is 0 Å². The van der Waals surface area contributed by atoms with Crippen molar-refractivity contribution in [3.05, 3.63) is 66.2 Å². The lowest BCUT2D eigenvalue weighted by molar-refractivity contribution is -0.113. The van der Waals surface area contributed by atoms with Crippen molar-refractivity contribution in [2.45, 2.75) is 0 Å². The largest absolute Gasteiger partial charge is 0.353 e. The van der Waals surface area contributed by atoms with Gasteiger partial charge in [-0.05, 0) is 17.7 Å². The fraction of sp³-hybridized carbons (Fsp3) is 0.0625. The molecule has 1 heterocycles. The molecule has 2 aromatic carbocycles. The Balaban J connectivity index is 2.10. The van der Waals surface area contributed by atoms with E-state index in [4.69, 9.17) is 0 Å². The molecule has 1 amide bonds. The quantitative estimate of drug-likeness (QED) is 0.843. The van der Waals surface area contributed by atoms with Gasteiger partial charge in [-0.2, -0.15) is 0 Å². The number of amides is 1. The van der Waals surface area contributed by atoms with Crippen LogP contribution in [0.1, 0.15) is 5.56 Å². The lowest BCUT2D eigenvalue weighted by atomic mass is 10.1. The second-order valence-corrected chi connectivity index (χ2v) is 4.46. The molecule has 0 fully saturated rings. The summed E-state index contributed by atoms with van der Waals surface area (Å²) in [5.41, 5.74) is 3.64. The van der Waals surface area contributed by atoms with E-state index in [-0.39, 0.29) is 5.91 Å². The molecule has 94 valence electrons. The molecule has 0 saturated heterocycles. The maximum absolute atomic E-state index is 12.2. The van der Waals surface area contributed by atoms with Crippen LogP contribution in [0.5, 0.6) is 0 Å². The fourth-order valence-corrected chi connectivity index (χ4v) is 2.17. The molecule has 0 radical (unpaired) electrons. The third-order valence-electron chi connectivity index (χ3n) is 3.22. The van der Waals surface area contributed by atoms with Gasteiger partial charge in [0, 0.05) is 13.1 Å². The van der Waals surface area contributed by atoms with E-state index in [0.717, 1.165) is 22.6 Å². The minimum atomic E-state index is -0.0312. The zero-order valence-corrected chi connectivity index (χ0v) is 10.6. The Kier molecular flexibility index (Phi) is 2.80. The maximum Gasteiger partial charge on any atom is 0.252 e. The first-order valence-electron chi connectivity index (χ1n) is 6.16. The minimum absolute atomic E-state index is 0.0312. The van der Waals surface area contributed by atoms with E-state index < -0.39 is 0 Å². The summed E-state index contributed by atoms with van der Waals surface area (Å²) in [6, 6.07) is 17.6. The number of hydrogen-bond donors (Lipinski definition) is 1. The van der Waals surface area contributed by atoms with Crippen LogP contribution in [0.25, 0.3) is 5.70 Å². The van der Waals surface area contributed by atoms with E-state index in [1.54, 1.807) is 18.0 Å². The van der Waals surface area contributed by atoms with E-state index in [2.05, 4.69) is 5.32 Å². The van der Waals surface area contributed by atoms with Crippen molar-refractivity contribution < 1.29 is 4.79 Å². The van der Waals surface area contributed by atoms with Gasteiger partial charge >= 0.3 is 0 Å². The molecule has 1 aliphatic rings. The third kappa shape index (κ3) is 2.10. The summed E-state index contributed by atoms with van der Waals surface area (Å²) in [6.07, 6.45) is 1.63. The number of nitrogens with zero attached hydrogens (tertiary/aromatic N) is 1. The van der Waals surface area contributed by atoms with E-state index in [0.29, 0.717) is 0 Å². The molecule has 0 bridgehead atoms. The Morgan fingerprint density at radius 1 is 0.947 bits per heavy atom. The summed E-state index contributed by atoms with van der Waals surface area (Å²) in [5.74, 6) is -0.0312. The predicted octanol–water partition coefficient (Wildman–Crippen LogP) is 3.12. The number of anilines is 2. The molecule has 3 rings (SSSR count). The smallest absolute Gasteiger partial charge is 0.252 e. The van der Waals surface area contributed by atoms with Crippen LogP contribution in [-0.2, 0) is 4.79 Å². The molecule has 2 aromatic rings. The Morgan fingerprint density at radius 2 is 1.63 bits per heavy atom. The average Bonchev–Trinajstić information content (AvgIpc) is 2.58. The number of rotatable bonds is 1. The van der Waals surface area contributed by atoms with Crippen LogP contribution in [-0.4, -0.2) is 13.0 Å². The second kappa shape index (κ2) is 4.61. The van der Waals surface area contributed by atoms with E-state index >= 15 is 0 Å². The molecule has 0 saturated carbocycles. The molecule has 1 N–H and O–H groups in total. The van der Waals surface area contributed by atoms with Gasteiger partial charge in [-0.15, -0.1) is 0 Å². The minimum Gasteiger partial charge on any atom is -0.353 e. The van der Waals surface area contributed by atoms with Gasteiger partial charge in [0.15, 0.2) is 0 Å². The van der Waals surface area contributed by atoms with Crippen LogP contribution in [0, 0.1) is 0 Å². The van der Waals surface area contributed by atoms with Crippen molar-refractivity contribution in [1.29, 1.82) is 0 Å². The topological polar surface area (TPSA) is 32.3 Å². The summed E-state index contributed by atoms with van der Waals surface area (Å²) < 4.78 is 0. The SMILES string of the molecule is CN1C(=O)C=C(c2ccccc2)Nc2ccccc21. The molecule has 3 nitrogen and oxygen atoms in total. The lowest BCUT2D eigenvalue weighted by Crippen LogP contribution is -2.23. The number of benzene rings is 2. The van der Waals surface area contributed by atoms with Crippen LogP contribution >= 0.6 is 0 Å². The molecule has 0 spiro atoms. The molecule has 3 heteroatoms. The fourth-order valence-electron chi connectivity index (χ4n) is 2.17. The number of hydrogen-bond acceptors (Lipinski definition) is 2. The summed E-state index contributed by atoms with van der Waals surface area (Å²) in [6.45, 7) is 0. The van der Waals surface area contributed by atoms with Crippen LogP contribution < -0.4 is 10.2 Å². The molecular weight excluding hydrogens is 236 g/mol. The highest BCUT2D eigenvalue weighted by molar-refractivity contribution is 6.10. The van der Waals surface area contributed by atoms with Crippen LogP contribution in [0.4, 0.5) is 11.4 Å². The molecular formula is C16H14N2O. The van der Waals surface area contributed by atoms with Crippen molar-refractivity contribution in [2.75, 3.05) is 17.3 Å². The number of carbonyl (C=O) groups is 1. The van der Waals surface area contributed by atoms with E-state index in [1.165, 1.54) is 0 Å². The second-order valence-electron chi connectivity index (χ2n) is 4.46. The first-order valence-corrected chi connectivity index (χ1v) is 6.16. The van der Waals surface area contributed by atoms with Crippen molar-refractivity contribution in [1.82, 2.24) is 0 Å². The highest BCUT2D eigenvalue weighted by Crippen LogP contribution is 2.31. The van der Waals surface area contributed by atoms with E-state index in [9.17, 15) is 4.79 Å². The van der Waals surface area contributed by atoms with Crippen LogP contribution in [0.2, 0.25) is 0 Å². The van der Waals surface area contributed by atoms with Crippen LogP contribution in [0.15, 0.2) is 60.7 Å². The third-order valence-corrected chi connectivity index (χ3v) is 3.22. The Labute approximate surface area is 112 Å². The van der Waals surface area contributed by atoms with Gasteiger partial charge in [0.25, 0.3) is 5.91 Å². The Bertz CT molecular complexity index is 647. The standard InChI is InChI=1S/C16H14N2O/c1-18-15-10-6-5-9-13(15)17-14(11-16(18)19)12-7-3-2-4-8-12/h2-11,17H,1H3. The van der Waals surface area contributed by atoms with Gasteiger partial charge in [0.1, 0.15) is 0 Å². The van der Waals surface area contributed by atoms with Crippen molar-refractivity contribution in [2.24, 2.45) is 0 Å². The molecule has 0 aromatic heterocycles. The highest BCUT2D eigenvalue weighted by atomic mass is 16.2. The monoisotopic (exact) mass is 250 g/mol. The van der Waals surface area contributed by atoms with Gasteiger partial charge in [-0.3, -0.25) is 4.79 Å². The zero-order chi connectivity index (χ0) is 13.2. The van der Waals surface area contributed by atoms with Crippen molar-refractivity contribution >= 4 is 23.0 Å². The molecule has 1 aliphatic heterocycles. The number of nitrogens with one attached hydrogen (secondary N) is 1. The molecule has 0 atom stereocenters. The number of likely N-dealkylation sites (N-methyl/N-ethyl adjacent to an activating group) is 1. The van der Waals surface area contributed by atoms with Gasteiger partial charge < -0.3 is 10.2 Å². The normalized spacial score (nSPS) is 14.3. The Hall–Kier alpha value is -2.55. The predicted molar refractivity (Wildman–Crippen MR) is 77.9 cm³/mol. The number of carbonyl (C=O) groups excluding carboxylic acids is 1. The maximum atomic E-state index is 12.2. The summed E-state index contributed by atoms with van der Waals surface area (Å²) >= 11 is 0. The zero-order valence-electron chi connectivity index (χ0n) is 10.6. The highest BCUT2D eigenvalue weighted by Gasteiger charge is 2.18. The number of fused-ring (bicyclic) bond motifs is 1. The van der Waals surface area contributed by atoms with Gasteiger partial charge in [-0.25, -0.2) is 0 Å². The Morgan fingerprint density at radius 3 is 2.42 bits per heavy atom. The molecule has 19 heavy (non-hydrogen) atoms. The summed E-state index contributed by atoms with van der Waals surface area (Å²) in [5, 5.41) is 3.34. The average molecular weight is 250 g/mol. The summed E-state index contributed by atoms with van der Waals surface area (Å²) in [7, 11) is 1.78. The van der Waals surface area contributed by atoms with Gasteiger partial charge in [-0.1, -0.05) is 42.5 Å². The first-order chi connectivity index (χ1) is 9.25. The molecule has 0 unspecified atom stereocenters. The van der Waals surface area contributed by atoms with Crippen molar-refractivity contribution in [3.8, 4) is 0 Å². The van der Waals surface area contributed by atoms with E-state index in [1.807, 2.05) is 54.6 Å². The molecule has 0 aliphatic carbocycles. The summed E-state index contributed by atoms with van der Waals surface area (Å²) in [4.78, 5) is 13.8. The first kappa shape index (κ1) is 11.5. The van der Waals surface area contributed by atoms with Gasteiger partial charge in [0.05, 0.1) is 17.1 Å². The van der Waals surface area contributed by atoms with Gasteiger partial charge in [0.2, 0.25) is 0 Å².